The van der Waals surface area contributed by atoms with Gasteiger partial charge in [0, 0.05) is 23.0 Å². The van der Waals surface area contributed by atoms with Gasteiger partial charge in [0.15, 0.2) is 11.6 Å². The summed E-state index contributed by atoms with van der Waals surface area (Å²) in [7, 11) is 1.57. The zero-order valence-corrected chi connectivity index (χ0v) is 23.1. The standard InChI is InChI=1S/C28H29BrFN3O5/c1-15(11-16(2)32-28(35)36)14-38-26-22(29)12-21-20-9-10-31-17(3)23(20)27(34)33(25(21)24(26)30)13-18-5-7-19(37-4)8-6-18/h5-10,12,15-16,32H,11,13-14H2,1-4H3,(H,35,36). The van der Waals surface area contributed by atoms with E-state index in [-0.39, 0.29) is 41.9 Å². The van der Waals surface area contributed by atoms with Gasteiger partial charge in [0.2, 0.25) is 0 Å². The Morgan fingerprint density at radius 3 is 2.58 bits per heavy atom. The van der Waals surface area contributed by atoms with Crippen molar-refractivity contribution in [3.63, 3.8) is 0 Å². The summed E-state index contributed by atoms with van der Waals surface area (Å²) in [5.41, 5.74) is 1.15. The van der Waals surface area contributed by atoms with Crippen LogP contribution < -0.4 is 20.3 Å². The van der Waals surface area contributed by atoms with Crippen LogP contribution in [0.3, 0.4) is 0 Å². The van der Waals surface area contributed by atoms with Gasteiger partial charge in [0.05, 0.1) is 41.3 Å². The molecule has 2 atom stereocenters. The first kappa shape index (κ1) is 27.4. The predicted molar refractivity (Wildman–Crippen MR) is 148 cm³/mol. The lowest BCUT2D eigenvalue weighted by atomic mass is 10.0. The molecule has 200 valence electrons. The maximum atomic E-state index is 16.3. The lowest BCUT2D eigenvalue weighted by Crippen LogP contribution is -2.33. The number of halogens is 2. The molecule has 2 heterocycles. The molecular weight excluding hydrogens is 557 g/mol. The highest BCUT2D eigenvalue weighted by Gasteiger charge is 2.23. The molecule has 0 spiro atoms. The number of hydrogen-bond acceptors (Lipinski definition) is 5. The lowest BCUT2D eigenvalue weighted by Gasteiger charge is -2.20. The van der Waals surface area contributed by atoms with Crippen LogP contribution in [-0.4, -0.2) is 40.5 Å². The number of methoxy groups -OCH3 is 1. The average Bonchev–Trinajstić information content (AvgIpc) is 2.86. The average molecular weight is 586 g/mol. The number of carboxylic acid groups (broad SMARTS) is 1. The van der Waals surface area contributed by atoms with Crippen LogP contribution in [0.5, 0.6) is 11.5 Å². The van der Waals surface area contributed by atoms with Crippen molar-refractivity contribution in [3.05, 3.63) is 74.5 Å². The van der Waals surface area contributed by atoms with Gasteiger partial charge >= 0.3 is 6.09 Å². The number of benzene rings is 2. The Bertz CT molecular complexity index is 1560. The summed E-state index contributed by atoms with van der Waals surface area (Å²) in [5, 5.41) is 12.9. The van der Waals surface area contributed by atoms with Crippen LogP contribution >= 0.6 is 15.9 Å². The highest BCUT2D eigenvalue weighted by molar-refractivity contribution is 9.10. The molecule has 2 aromatic carbocycles. The van der Waals surface area contributed by atoms with E-state index in [1.807, 2.05) is 19.1 Å². The van der Waals surface area contributed by atoms with E-state index < -0.39 is 11.9 Å². The minimum Gasteiger partial charge on any atom is -0.497 e. The predicted octanol–water partition coefficient (Wildman–Crippen LogP) is 5.88. The Hall–Kier alpha value is -3.66. The second-order valence-corrected chi connectivity index (χ2v) is 10.3. The quantitative estimate of drug-likeness (QED) is 0.238. The van der Waals surface area contributed by atoms with Crippen molar-refractivity contribution in [3.8, 4) is 11.5 Å². The molecule has 2 aromatic heterocycles. The Morgan fingerprint density at radius 2 is 1.92 bits per heavy atom. The molecule has 1 amide bonds. The normalized spacial score (nSPS) is 12.9. The van der Waals surface area contributed by atoms with Gasteiger partial charge in [-0.3, -0.25) is 9.78 Å². The van der Waals surface area contributed by atoms with Gasteiger partial charge in [-0.1, -0.05) is 19.1 Å². The number of nitrogens with one attached hydrogen (secondary N) is 1. The molecule has 0 saturated heterocycles. The van der Waals surface area contributed by atoms with E-state index in [1.165, 1.54) is 4.57 Å². The molecule has 2 N–H and O–H groups in total. The molecule has 0 aliphatic rings. The van der Waals surface area contributed by atoms with Crippen molar-refractivity contribution in [1.29, 1.82) is 0 Å². The molecule has 0 bridgehead atoms. The zero-order valence-electron chi connectivity index (χ0n) is 21.5. The summed E-state index contributed by atoms with van der Waals surface area (Å²) in [6.45, 7) is 5.72. The third-order valence-electron chi connectivity index (χ3n) is 6.45. The molecule has 8 nitrogen and oxygen atoms in total. The number of hydrogen-bond donors (Lipinski definition) is 2. The van der Waals surface area contributed by atoms with E-state index in [0.717, 1.165) is 5.56 Å². The number of nitrogens with zero attached hydrogens (tertiary/aromatic N) is 2. The van der Waals surface area contributed by atoms with Crippen LogP contribution in [0.4, 0.5) is 9.18 Å². The molecule has 38 heavy (non-hydrogen) atoms. The first-order valence-electron chi connectivity index (χ1n) is 12.2. The summed E-state index contributed by atoms with van der Waals surface area (Å²) in [5.74, 6) is -0.0422. The van der Waals surface area contributed by atoms with E-state index in [1.54, 1.807) is 51.4 Å². The third kappa shape index (κ3) is 5.60. The van der Waals surface area contributed by atoms with E-state index in [9.17, 15) is 9.59 Å². The summed E-state index contributed by atoms with van der Waals surface area (Å²) in [6.07, 6.45) is 1.02. The topological polar surface area (TPSA) is 103 Å². The number of amides is 1. The molecule has 0 fully saturated rings. The van der Waals surface area contributed by atoms with Crippen molar-refractivity contribution in [2.45, 2.75) is 39.8 Å². The van der Waals surface area contributed by atoms with Crippen molar-refractivity contribution in [2.75, 3.05) is 13.7 Å². The third-order valence-corrected chi connectivity index (χ3v) is 7.04. The smallest absolute Gasteiger partial charge is 0.404 e. The van der Waals surface area contributed by atoms with Crippen molar-refractivity contribution >= 4 is 43.7 Å². The van der Waals surface area contributed by atoms with Crippen LogP contribution in [0, 0.1) is 18.7 Å². The number of aromatic nitrogens is 2. The molecule has 10 heteroatoms. The van der Waals surface area contributed by atoms with Crippen LogP contribution in [0.2, 0.25) is 0 Å². The van der Waals surface area contributed by atoms with Gasteiger partial charge in [-0.15, -0.1) is 0 Å². The van der Waals surface area contributed by atoms with Gasteiger partial charge in [0.1, 0.15) is 5.75 Å². The van der Waals surface area contributed by atoms with E-state index in [2.05, 4.69) is 26.2 Å². The van der Waals surface area contributed by atoms with Crippen LogP contribution in [0.1, 0.15) is 31.5 Å². The maximum absolute atomic E-state index is 16.3. The number of carbonyl (C=O) groups is 1. The first-order valence-corrected chi connectivity index (χ1v) is 12.9. The molecule has 0 aliphatic carbocycles. The number of rotatable bonds is 9. The van der Waals surface area contributed by atoms with Crippen LogP contribution in [0.25, 0.3) is 21.7 Å². The van der Waals surface area contributed by atoms with Gasteiger partial charge in [-0.2, -0.15) is 0 Å². The maximum Gasteiger partial charge on any atom is 0.404 e. The van der Waals surface area contributed by atoms with Crippen LogP contribution in [-0.2, 0) is 6.54 Å². The number of fused-ring (bicyclic) bond motifs is 3. The molecule has 0 aliphatic heterocycles. The minimum atomic E-state index is -1.10. The Labute approximate surface area is 227 Å². The second kappa shape index (κ2) is 11.4. The lowest BCUT2D eigenvalue weighted by molar-refractivity contribution is 0.185. The highest BCUT2D eigenvalue weighted by atomic mass is 79.9. The Balaban J connectivity index is 1.81. The van der Waals surface area contributed by atoms with Crippen molar-refractivity contribution in [2.24, 2.45) is 5.92 Å². The van der Waals surface area contributed by atoms with Gasteiger partial charge < -0.3 is 24.5 Å². The number of pyridine rings is 2. The summed E-state index contributed by atoms with van der Waals surface area (Å²) < 4.78 is 29.2. The fraction of sp³-hybridized carbons (Fsp3) is 0.321. The van der Waals surface area contributed by atoms with Gasteiger partial charge in [-0.25, -0.2) is 9.18 Å². The molecule has 0 radical (unpaired) electrons. The number of ether oxygens (including phenoxy) is 2. The first-order chi connectivity index (χ1) is 18.1. The van der Waals surface area contributed by atoms with Gasteiger partial charge in [0.25, 0.3) is 5.56 Å². The summed E-state index contributed by atoms with van der Waals surface area (Å²) >= 11 is 3.46. The van der Waals surface area contributed by atoms with E-state index in [0.29, 0.717) is 38.5 Å². The Morgan fingerprint density at radius 1 is 1.21 bits per heavy atom. The monoisotopic (exact) mass is 585 g/mol. The van der Waals surface area contributed by atoms with E-state index >= 15 is 4.39 Å². The molecule has 4 rings (SSSR count). The fourth-order valence-corrected chi connectivity index (χ4v) is 5.24. The zero-order chi connectivity index (χ0) is 27.6. The molecule has 0 saturated carbocycles. The fourth-order valence-electron chi connectivity index (χ4n) is 4.72. The van der Waals surface area contributed by atoms with E-state index in [4.69, 9.17) is 14.6 Å². The van der Waals surface area contributed by atoms with Crippen LogP contribution in [0.15, 0.2) is 51.9 Å². The summed E-state index contributed by atoms with van der Waals surface area (Å²) in [6, 6.07) is 10.4. The largest absolute Gasteiger partial charge is 0.497 e. The van der Waals surface area contributed by atoms with Crippen molar-refractivity contribution in [1.82, 2.24) is 14.9 Å². The molecule has 2 unspecified atom stereocenters. The summed E-state index contributed by atoms with van der Waals surface area (Å²) in [4.78, 5) is 28.9. The molecule has 4 aromatic rings. The Kier molecular flexibility index (Phi) is 8.20. The van der Waals surface area contributed by atoms with Crippen molar-refractivity contribution < 1.29 is 23.8 Å². The minimum absolute atomic E-state index is 0.00351. The number of aryl methyl sites for hydroxylation is 1. The SMILES string of the molecule is COc1ccc(Cn2c(=O)c3c(C)nccc3c3cc(Br)c(OCC(C)CC(C)NC(=O)O)c(F)c32)cc1. The molecular formula is C28H29BrFN3O5. The second-order valence-electron chi connectivity index (χ2n) is 9.46. The highest BCUT2D eigenvalue weighted by Crippen LogP contribution is 2.37. The van der Waals surface area contributed by atoms with Gasteiger partial charge in [-0.05, 0) is 71.9 Å².